The van der Waals surface area contributed by atoms with Gasteiger partial charge in [-0.3, -0.25) is 0 Å². The third-order valence-electron chi connectivity index (χ3n) is 11.0. The van der Waals surface area contributed by atoms with Crippen LogP contribution in [0, 0.1) is 0 Å². The Bertz CT molecular complexity index is 3810. The van der Waals surface area contributed by atoms with Gasteiger partial charge in [-0.1, -0.05) is 194 Å². The highest BCUT2D eigenvalue weighted by molar-refractivity contribution is 6.29. The normalized spacial score (nSPS) is 14.1. The zero-order valence-corrected chi connectivity index (χ0v) is 30.0. The first-order valence-corrected chi connectivity index (χ1v) is 18.6. The van der Waals surface area contributed by atoms with Crippen molar-refractivity contribution in [2.75, 3.05) is 0 Å². The minimum atomic E-state index is -0.522. The Morgan fingerprint density at radius 3 is 1.41 bits per heavy atom. The summed E-state index contributed by atoms with van der Waals surface area (Å²) in [7, 11) is 0. The Morgan fingerprint density at radius 1 is 0.232 bits per heavy atom. The van der Waals surface area contributed by atoms with Gasteiger partial charge in [0.2, 0.25) is 0 Å². The average molecular weight is 719 g/mol. The maximum atomic E-state index is 9.46. The van der Waals surface area contributed by atoms with Gasteiger partial charge in [-0.25, -0.2) is 0 Å². The van der Waals surface area contributed by atoms with Crippen molar-refractivity contribution < 1.29 is 13.7 Å². The van der Waals surface area contributed by atoms with Gasteiger partial charge in [-0.2, -0.15) is 0 Å². The summed E-state index contributed by atoms with van der Waals surface area (Å²) in [4.78, 5) is 0. The lowest BCUT2D eigenvalue weighted by atomic mass is 9.80. The zero-order valence-electron chi connectivity index (χ0n) is 40.0. The van der Waals surface area contributed by atoms with E-state index in [9.17, 15) is 5.48 Å². The van der Waals surface area contributed by atoms with Gasteiger partial charge in [0.1, 0.15) is 0 Å². The molecule has 0 aliphatic carbocycles. The third-order valence-corrected chi connectivity index (χ3v) is 11.0. The van der Waals surface area contributed by atoms with Gasteiger partial charge >= 0.3 is 0 Å². The van der Waals surface area contributed by atoms with Gasteiger partial charge in [0, 0.05) is 0 Å². The van der Waals surface area contributed by atoms with Crippen molar-refractivity contribution in [3.63, 3.8) is 0 Å². The lowest BCUT2D eigenvalue weighted by Crippen LogP contribution is -1.95. The first-order chi connectivity index (χ1) is 31.9. The maximum Gasteiger partial charge on any atom is 0.0629 e. The molecule has 0 radical (unpaired) electrons. The molecule has 11 aromatic rings. The fourth-order valence-corrected chi connectivity index (χ4v) is 8.56. The Morgan fingerprint density at radius 2 is 0.714 bits per heavy atom. The van der Waals surface area contributed by atoms with Gasteiger partial charge in [-0.15, -0.1) is 0 Å². The van der Waals surface area contributed by atoms with Gasteiger partial charge in [0.15, 0.2) is 0 Å². The molecule has 0 N–H and O–H groups in total. The summed E-state index contributed by atoms with van der Waals surface area (Å²) in [5.41, 5.74) is 6.19. The molecule has 0 bridgehead atoms. The molecule has 0 unspecified atom stereocenters. The van der Waals surface area contributed by atoms with E-state index in [1.807, 2.05) is 103 Å². The van der Waals surface area contributed by atoms with Crippen LogP contribution in [0.3, 0.4) is 0 Å². The first kappa shape index (κ1) is 23.5. The molecule has 0 heteroatoms. The fraction of sp³-hybridized carbons (Fsp3) is 0. The molecule has 0 amide bonds. The molecule has 0 atom stereocenters. The van der Waals surface area contributed by atoms with Crippen LogP contribution in [0.15, 0.2) is 218 Å². The van der Waals surface area contributed by atoms with Gasteiger partial charge in [0.05, 0.1) is 13.7 Å². The number of fused-ring (bicyclic) bond motifs is 6. The standard InChI is InChI=1S/C56H36/c1-5-17-37(18-6-1)43-31-32-47-49(34-43)54(40-22-9-3-10-23-40)52-36-50-48(35-51(52)53(47)39-20-7-2-8-21-39)45-27-15-16-28-46(45)56(55(50)41-24-11-4-12-25-41)44-30-29-38-19-13-14-26-42(38)33-44/h1-36H/i2D,3D,7D,8D,9D,10D,20D,21D,22D,23D. The van der Waals surface area contributed by atoms with E-state index in [1.54, 1.807) is 0 Å². The van der Waals surface area contributed by atoms with E-state index in [0.717, 1.165) is 65.7 Å². The molecule has 0 saturated heterocycles. The van der Waals surface area contributed by atoms with Gasteiger partial charge in [0.25, 0.3) is 0 Å². The Kier molecular flexibility index (Phi) is 5.55. The quantitative estimate of drug-likeness (QED) is 0.123. The minimum absolute atomic E-state index is 0.00389. The van der Waals surface area contributed by atoms with E-state index in [1.165, 1.54) is 0 Å². The zero-order chi connectivity index (χ0) is 45.7. The van der Waals surface area contributed by atoms with Crippen molar-refractivity contribution in [1.29, 1.82) is 0 Å². The molecule has 11 rings (SSSR count). The van der Waals surface area contributed by atoms with Crippen molar-refractivity contribution in [2.45, 2.75) is 0 Å². The van der Waals surface area contributed by atoms with Gasteiger partial charge in [-0.05, 0) is 134 Å². The molecule has 260 valence electrons. The highest BCUT2D eigenvalue weighted by Gasteiger charge is 2.23. The smallest absolute Gasteiger partial charge is 0.0622 e. The van der Waals surface area contributed by atoms with Crippen LogP contribution < -0.4 is 0 Å². The number of benzene rings is 11. The number of hydrogen-bond acceptors (Lipinski definition) is 0. The topological polar surface area (TPSA) is 0 Å². The van der Waals surface area contributed by atoms with Crippen LogP contribution in [0.4, 0.5) is 0 Å². The van der Waals surface area contributed by atoms with E-state index in [4.69, 9.17) is 8.22 Å². The largest absolute Gasteiger partial charge is 0.0629 e. The summed E-state index contributed by atoms with van der Waals surface area (Å²) in [6.45, 7) is 0. The van der Waals surface area contributed by atoms with E-state index < -0.39 is 36.3 Å². The van der Waals surface area contributed by atoms with E-state index in [0.29, 0.717) is 32.7 Å². The monoisotopic (exact) mass is 718 g/mol. The van der Waals surface area contributed by atoms with E-state index >= 15 is 0 Å². The van der Waals surface area contributed by atoms with Crippen molar-refractivity contribution in [3.05, 3.63) is 218 Å². The predicted octanol–water partition coefficient (Wildman–Crippen LogP) is 15.8. The molecule has 0 spiro atoms. The number of hydrogen-bond donors (Lipinski definition) is 0. The molecular formula is C56H36. The first-order valence-electron chi connectivity index (χ1n) is 23.6. The van der Waals surface area contributed by atoms with Crippen molar-refractivity contribution in [3.8, 4) is 55.6 Å². The molecular weight excluding hydrogens is 673 g/mol. The molecule has 0 aliphatic heterocycles. The third kappa shape index (κ3) is 5.22. The molecule has 11 aromatic carbocycles. The van der Waals surface area contributed by atoms with Crippen LogP contribution >= 0.6 is 0 Å². The SMILES string of the molecule is [2H]c1c([2H])c([2H])c(-c2c3cc(-c4ccccc4)ccc3c(-c3c([2H])c([2H])c([2H])c([2H])c3[2H])c3cc4c(cc23)c(-c2ccccc2)c(-c2ccc3ccccc3c2)c2ccccc24)c([2H])c1[2H]. The second-order valence-electron chi connectivity index (χ2n) is 14.0. The second kappa shape index (κ2) is 13.2. The molecule has 0 heterocycles. The highest BCUT2D eigenvalue weighted by atomic mass is 14.3. The summed E-state index contributed by atoms with van der Waals surface area (Å²) < 4.78 is 90.4. The molecule has 0 fully saturated rings. The Balaban J connectivity index is 1.44. The van der Waals surface area contributed by atoms with Crippen LogP contribution in [0.2, 0.25) is 0 Å². The lowest BCUT2D eigenvalue weighted by molar-refractivity contribution is 1.63. The predicted molar refractivity (Wildman–Crippen MR) is 241 cm³/mol. The summed E-state index contributed by atoms with van der Waals surface area (Å²) in [5, 5.41) is 7.64. The van der Waals surface area contributed by atoms with Crippen molar-refractivity contribution in [1.82, 2.24) is 0 Å². The molecule has 0 aliphatic rings. The summed E-state index contributed by atoms with van der Waals surface area (Å²) in [6, 6.07) is 47.8. The number of rotatable bonds is 5. The lowest BCUT2D eigenvalue weighted by Gasteiger charge is -2.23. The van der Waals surface area contributed by atoms with Crippen LogP contribution in [0.5, 0.6) is 0 Å². The second-order valence-corrected chi connectivity index (χ2v) is 14.0. The summed E-state index contributed by atoms with van der Waals surface area (Å²) >= 11 is 0. The van der Waals surface area contributed by atoms with Gasteiger partial charge < -0.3 is 0 Å². The summed E-state index contributed by atoms with van der Waals surface area (Å²) in [6.07, 6.45) is 0. The Labute approximate surface area is 340 Å². The van der Waals surface area contributed by atoms with Crippen molar-refractivity contribution >= 4 is 53.9 Å². The average Bonchev–Trinajstić information content (AvgIpc) is 3.36. The molecule has 56 heavy (non-hydrogen) atoms. The fourth-order valence-electron chi connectivity index (χ4n) is 8.56. The summed E-state index contributed by atoms with van der Waals surface area (Å²) in [5.74, 6) is 0. The van der Waals surface area contributed by atoms with Crippen LogP contribution in [-0.4, -0.2) is 0 Å². The molecule has 0 nitrogen and oxygen atoms in total. The minimum Gasteiger partial charge on any atom is -0.0622 e. The van der Waals surface area contributed by atoms with Crippen molar-refractivity contribution in [2.24, 2.45) is 0 Å². The van der Waals surface area contributed by atoms with E-state index in [-0.39, 0.29) is 35.3 Å². The van der Waals surface area contributed by atoms with Crippen LogP contribution in [0.1, 0.15) is 13.7 Å². The maximum absolute atomic E-state index is 9.46. The van der Waals surface area contributed by atoms with Crippen LogP contribution in [0.25, 0.3) is 109 Å². The molecule has 0 aromatic heterocycles. The highest BCUT2D eigenvalue weighted by Crippen LogP contribution is 2.50. The van der Waals surface area contributed by atoms with Crippen LogP contribution in [-0.2, 0) is 0 Å². The molecule has 0 saturated carbocycles. The van der Waals surface area contributed by atoms with E-state index in [2.05, 4.69) is 54.6 Å². The Hall–Kier alpha value is -7.28.